The molecule has 1 aromatic heterocycles. The maximum atomic E-state index is 9.81. The quantitative estimate of drug-likeness (QED) is 0.699. The normalized spacial score (nSPS) is 14.8. The van der Waals surface area contributed by atoms with Crippen LogP contribution in [0.5, 0.6) is 0 Å². The molecule has 0 aliphatic rings. The molecule has 2 atom stereocenters. The molecular formula is C12H19NOS. The van der Waals surface area contributed by atoms with Crippen LogP contribution in [0.15, 0.2) is 29.5 Å². The highest BCUT2D eigenvalue weighted by molar-refractivity contribution is 7.07. The van der Waals surface area contributed by atoms with E-state index in [4.69, 9.17) is 0 Å². The third-order valence-electron chi connectivity index (χ3n) is 2.39. The molecule has 0 saturated carbocycles. The summed E-state index contributed by atoms with van der Waals surface area (Å²) in [5, 5.41) is 17.1. The number of hydrogen-bond acceptors (Lipinski definition) is 3. The van der Waals surface area contributed by atoms with Gasteiger partial charge in [0.25, 0.3) is 0 Å². The van der Waals surface area contributed by atoms with Gasteiger partial charge in [-0.2, -0.15) is 11.3 Å². The molecule has 0 saturated heterocycles. The Morgan fingerprint density at radius 3 is 3.07 bits per heavy atom. The largest absolute Gasteiger partial charge is 0.387 e. The summed E-state index contributed by atoms with van der Waals surface area (Å²) >= 11 is 1.62. The molecule has 3 heteroatoms. The third kappa shape index (κ3) is 4.60. The van der Waals surface area contributed by atoms with Gasteiger partial charge in [0.05, 0.1) is 6.10 Å². The molecule has 0 spiro atoms. The number of aliphatic hydroxyl groups is 1. The number of aliphatic hydroxyl groups excluding tert-OH is 1. The topological polar surface area (TPSA) is 32.3 Å². The molecule has 1 aromatic rings. The van der Waals surface area contributed by atoms with E-state index < -0.39 is 0 Å². The van der Waals surface area contributed by atoms with Gasteiger partial charge >= 0.3 is 0 Å². The summed E-state index contributed by atoms with van der Waals surface area (Å²) in [4.78, 5) is 0. The van der Waals surface area contributed by atoms with E-state index in [0.29, 0.717) is 12.6 Å². The minimum absolute atomic E-state index is 0.387. The fourth-order valence-electron chi connectivity index (χ4n) is 1.37. The molecule has 2 N–H and O–H groups in total. The number of hydrogen-bond donors (Lipinski definition) is 2. The van der Waals surface area contributed by atoms with Gasteiger partial charge < -0.3 is 10.4 Å². The zero-order valence-electron chi connectivity index (χ0n) is 9.15. The van der Waals surface area contributed by atoms with Crippen molar-refractivity contribution in [1.82, 2.24) is 5.32 Å². The lowest BCUT2D eigenvalue weighted by Gasteiger charge is -2.15. The molecule has 0 aromatic carbocycles. The fourth-order valence-corrected chi connectivity index (χ4v) is 2.07. The number of thiophene rings is 1. The van der Waals surface area contributed by atoms with Gasteiger partial charge in [-0.15, -0.1) is 6.58 Å². The Morgan fingerprint density at radius 2 is 2.47 bits per heavy atom. The van der Waals surface area contributed by atoms with Crippen LogP contribution >= 0.6 is 11.3 Å². The van der Waals surface area contributed by atoms with Gasteiger partial charge in [0.15, 0.2) is 0 Å². The molecular weight excluding hydrogens is 206 g/mol. The molecule has 0 fully saturated rings. The Hall–Kier alpha value is -0.640. The predicted octanol–water partition coefficient (Wildman–Crippen LogP) is 2.73. The second kappa shape index (κ2) is 6.77. The highest BCUT2D eigenvalue weighted by Crippen LogP contribution is 2.15. The van der Waals surface area contributed by atoms with Gasteiger partial charge in [-0.05, 0) is 42.2 Å². The van der Waals surface area contributed by atoms with Crippen LogP contribution in [-0.2, 0) is 0 Å². The van der Waals surface area contributed by atoms with Crippen LogP contribution in [-0.4, -0.2) is 17.7 Å². The van der Waals surface area contributed by atoms with E-state index in [1.807, 2.05) is 22.9 Å². The molecule has 2 nitrogen and oxygen atoms in total. The van der Waals surface area contributed by atoms with Crippen molar-refractivity contribution >= 4 is 11.3 Å². The van der Waals surface area contributed by atoms with Crippen LogP contribution in [0.1, 0.15) is 31.4 Å². The molecule has 0 bridgehead atoms. The first-order valence-corrected chi connectivity index (χ1v) is 6.22. The summed E-state index contributed by atoms with van der Waals surface area (Å²) in [5.74, 6) is 0. The minimum Gasteiger partial charge on any atom is -0.387 e. The van der Waals surface area contributed by atoms with E-state index in [0.717, 1.165) is 18.4 Å². The van der Waals surface area contributed by atoms with Gasteiger partial charge in [-0.25, -0.2) is 0 Å². The van der Waals surface area contributed by atoms with E-state index in [-0.39, 0.29) is 6.10 Å². The van der Waals surface area contributed by atoms with E-state index in [1.165, 1.54) is 0 Å². The van der Waals surface area contributed by atoms with E-state index in [1.54, 1.807) is 11.3 Å². The lowest BCUT2D eigenvalue weighted by atomic mass is 10.1. The molecule has 2 unspecified atom stereocenters. The van der Waals surface area contributed by atoms with Gasteiger partial charge in [0.1, 0.15) is 0 Å². The van der Waals surface area contributed by atoms with E-state index >= 15 is 0 Å². The molecule has 1 rings (SSSR count). The molecule has 0 aliphatic carbocycles. The van der Waals surface area contributed by atoms with E-state index in [9.17, 15) is 5.11 Å². The van der Waals surface area contributed by atoms with Crippen LogP contribution < -0.4 is 5.32 Å². The highest BCUT2D eigenvalue weighted by atomic mass is 32.1. The monoisotopic (exact) mass is 225 g/mol. The van der Waals surface area contributed by atoms with Gasteiger partial charge in [-0.1, -0.05) is 6.08 Å². The van der Waals surface area contributed by atoms with Gasteiger partial charge in [0.2, 0.25) is 0 Å². The zero-order chi connectivity index (χ0) is 11.1. The Bertz CT molecular complexity index is 271. The Morgan fingerprint density at radius 1 is 1.67 bits per heavy atom. The molecule has 1 heterocycles. The van der Waals surface area contributed by atoms with Crippen LogP contribution in [0.3, 0.4) is 0 Å². The lowest BCUT2D eigenvalue weighted by molar-refractivity contribution is 0.170. The van der Waals surface area contributed by atoms with Crippen molar-refractivity contribution in [3.05, 3.63) is 35.0 Å². The predicted molar refractivity (Wildman–Crippen MR) is 66.2 cm³/mol. The average Bonchev–Trinajstić information content (AvgIpc) is 2.76. The smallest absolute Gasteiger partial charge is 0.0922 e. The van der Waals surface area contributed by atoms with Crippen LogP contribution in [0, 0.1) is 0 Å². The first-order valence-electron chi connectivity index (χ1n) is 5.28. The summed E-state index contributed by atoms with van der Waals surface area (Å²) in [6.07, 6.45) is 3.62. The summed E-state index contributed by atoms with van der Waals surface area (Å²) in [5.41, 5.74) is 1.00. The van der Waals surface area contributed by atoms with Crippen molar-refractivity contribution in [2.75, 3.05) is 6.54 Å². The summed E-state index contributed by atoms with van der Waals surface area (Å²) in [6.45, 7) is 6.44. The second-order valence-corrected chi connectivity index (χ2v) is 4.53. The van der Waals surface area contributed by atoms with Crippen molar-refractivity contribution in [2.24, 2.45) is 0 Å². The average molecular weight is 225 g/mol. The Labute approximate surface area is 95.6 Å². The van der Waals surface area contributed by atoms with Crippen molar-refractivity contribution in [3.8, 4) is 0 Å². The van der Waals surface area contributed by atoms with Crippen LogP contribution in [0.25, 0.3) is 0 Å². The molecule has 15 heavy (non-hydrogen) atoms. The number of allylic oxidation sites excluding steroid dienone is 1. The SMILES string of the molecule is C=CCCC(C)NCC(O)c1ccsc1. The van der Waals surface area contributed by atoms with Crippen LogP contribution in [0.4, 0.5) is 0 Å². The highest BCUT2D eigenvalue weighted by Gasteiger charge is 2.08. The van der Waals surface area contributed by atoms with Gasteiger partial charge in [0, 0.05) is 12.6 Å². The molecule has 84 valence electrons. The van der Waals surface area contributed by atoms with Crippen molar-refractivity contribution in [1.29, 1.82) is 0 Å². The number of rotatable bonds is 7. The van der Waals surface area contributed by atoms with Gasteiger partial charge in [-0.3, -0.25) is 0 Å². The maximum absolute atomic E-state index is 9.81. The maximum Gasteiger partial charge on any atom is 0.0922 e. The second-order valence-electron chi connectivity index (χ2n) is 3.75. The van der Waals surface area contributed by atoms with Crippen molar-refractivity contribution < 1.29 is 5.11 Å². The third-order valence-corrected chi connectivity index (χ3v) is 3.09. The Kier molecular flexibility index (Phi) is 5.61. The first-order chi connectivity index (χ1) is 7.24. The minimum atomic E-state index is -0.387. The fraction of sp³-hybridized carbons (Fsp3) is 0.500. The lowest BCUT2D eigenvalue weighted by Crippen LogP contribution is -2.30. The van der Waals surface area contributed by atoms with Crippen molar-refractivity contribution in [3.63, 3.8) is 0 Å². The summed E-state index contributed by atoms with van der Waals surface area (Å²) in [7, 11) is 0. The number of nitrogens with one attached hydrogen (secondary N) is 1. The summed E-state index contributed by atoms with van der Waals surface area (Å²) in [6, 6.07) is 2.39. The van der Waals surface area contributed by atoms with Crippen LogP contribution in [0.2, 0.25) is 0 Å². The first kappa shape index (κ1) is 12.4. The van der Waals surface area contributed by atoms with E-state index in [2.05, 4.69) is 18.8 Å². The standard InChI is InChI=1S/C12H19NOS/c1-3-4-5-10(2)13-8-12(14)11-6-7-15-9-11/h3,6-7,9-10,12-14H,1,4-5,8H2,2H3. The molecule has 0 radical (unpaired) electrons. The molecule has 0 amide bonds. The molecule has 0 aliphatic heterocycles. The van der Waals surface area contributed by atoms with Crippen molar-refractivity contribution in [2.45, 2.75) is 31.9 Å². The Balaban J connectivity index is 2.22. The summed E-state index contributed by atoms with van der Waals surface area (Å²) < 4.78 is 0. The zero-order valence-corrected chi connectivity index (χ0v) is 9.96.